The van der Waals surface area contributed by atoms with Crippen molar-refractivity contribution in [3.63, 3.8) is 0 Å². The third-order valence-electron chi connectivity index (χ3n) is 8.75. The van der Waals surface area contributed by atoms with E-state index >= 15 is 0 Å². The van der Waals surface area contributed by atoms with Crippen molar-refractivity contribution >= 4 is 11.6 Å². The maximum atomic E-state index is 12.5. The second-order valence-corrected chi connectivity index (χ2v) is 10.5. The first-order chi connectivity index (χ1) is 16.0. The topological polar surface area (TPSA) is 43.4 Å². The Labute approximate surface area is 197 Å². The van der Waals surface area contributed by atoms with Crippen LogP contribution in [0.4, 0.5) is 0 Å². The van der Waals surface area contributed by atoms with Crippen LogP contribution in [0.1, 0.15) is 72.9 Å². The van der Waals surface area contributed by atoms with Gasteiger partial charge in [-0.05, 0) is 73.1 Å². The van der Waals surface area contributed by atoms with Crippen molar-refractivity contribution < 1.29 is 14.3 Å². The van der Waals surface area contributed by atoms with Gasteiger partial charge in [-0.1, -0.05) is 49.4 Å². The Morgan fingerprint density at radius 3 is 2.76 bits per heavy atom. The van der Waals surface area contributed by atoms with Gasteiger partial charge < -0.3 is 4.74 Å². The number of fused-ring (bicyclic) bond motifs is 5. The van der Waals surface area contributed by atoms with E-state index in [0.717, 1.165) is 43.4 Å². The second kappa shape index (κ2) is 8.93. The van der Waals surface area contributed by atoms with Gasteiger partial charge in [-0.2, -0.15) is 0 Å². The summed E-state index contributed by atoms with van der Waals surface area (Å²) in [7, 11) is 0. The number of carbonyl (C=O) groups is 2. The van der Waals surface area contributed by atoms with E-state index in [1.54, 1.807) is 0 Å². The van der Waals surface area contributed by atoms with Gasteiger partial charge in [0.1, 0.15) is 11.5 Å². The number of ether oxygens (including phenoxy) is 1. The van der Waals surface area contributed by atoms with E-state index in [1.165, 1.54) is 17.5 Å². The number of hydrogen-bond donors (Lipinski definition) is 0. The van der Waals surface area contributed by atoms with Crippen molar-refractivity contribution in [2.75, 3.05) is 6.61 Å². The minimum absolute atomic E-state index is 0.0194. The fourth-order valence-electron chi connectivity index (χ4n) is 6.81. The predicted octanol–water partition coefficient (Wildman–Crippen LogP) is 6.57. The monoisotopic (exact) mass is 442 g/mol. The molecule has 0 aromatic heterocycles. The van der Waals surface area contributed by atoms with Crippen LogP contribution in [0.5, 0.6) is 5.75 Å². The number of ketones is 2. The Morgan fingerprint density at radius 2 is 1.97 bits per heavy atom. The lowest BCUT2D eigenvalue weighted by Crippen LogP contribution is -2.42. The zero-order valence-corrected chi connectivity index (χ0v) is 19.6. The van der Waals surface area contributed by atoms with Crippen molar-refractivity contribution in [2.45, 2.75) is 57.8 Å². The lowest BCUT2D eigenvalue weighted by atomic mass is 9.55. The quantitative estimate of drug-likeness (QED) is 0.360. The third-order valence-corrected chi connectivity index (χ3v) is 8.75. The molecule has 0 heterocycles. The van der Waals surface area contributed by atoms with Crippen LogP contribution >= 0.6 is 0 Å². The Bertz CT molecular complexity index is 1060. The maximum Gasteiger partial charge on any atom is 0.163 e. The molecule has 33 heavy (non-hydrogen) atoms. The van der Waals surface area contributed by atoms with Gasteiger partial charge in [0.15, 0.2) is 5.78 Å². The summed E-state index contributed by atoms with van der Waals surface area (Å²) in [4.78, 5) is 25.1. The summed E-state index contributed by atoms with van der Waals surface area (Å²) < 4.78 is 6.13. The highest BCUT2D eigenvalue weighted by atomic mass is 16.5. The lowest BCUT2D eigenvalue weighted by Gasteiger charge is -2.48. The van der Waals surface area contributed by atoms with E-state index in [1.807, 2.05) is 36.4 Å². The average Bonchev–Trinajstić information content (AvgIpc) is 3.16. The van der Waals surface area contributed by atoms with Gasteiger partial charge in [-0.25, -0.2) is 0 Å². The highest BCUT2D eigenvalue weighted by Gasteiger charge is 2.54. The summed E-state index contributed by atoms with van der Waals surface area (Å²) in [5.74, 6) is 3.26. The molecule has 2 aromatic rings. The summed E-state index contributed by atoms with van der Waals surface area (Å²) in [5, 5.41) is 0. The molecule has 3 heteroatoms. The van der Waals surface area contributed by atoms with Gasteiger partial charge in [0.25, 0.3) is 0 Å². The minimum Gasteiger partial charge on any atom is -0.493 e. The summed E-state index contributed by atoms with van der Waals surface area (Å²) in [5.41, 5.74) is 3.54. The normalized spacial score (nSPS) is 28.9. The maximum absolute atomic E-state index is 12.5. The molecule has 3 aliphatic rings. The van der Waals surface area contributed by atoms with Gasteiger partial charge in [-0.3, -0.25) is 9.59 Å². The fraction of sp³-hybridized carbons (Fsp3) is 0.467. The number of Topliss-reactive ketones (excluding diaryl/α,β-unsaturated/α-hetero) is 2. The van der Waals surface area contributed by atoms with Crippen molar-refractivity contribution in [3.8, 4) is 5.75 Å². The molecule has 5 atom stereocenters. The molecule has 0 bridgehead atoms. The van der Waals surface area contributed by atoms with Crippen LogP contribution in [0.2, 0.25) is 0 Å². The molecule has 0 aliphatic heterocycles. The number of rotatable bonds is 7. The molecule has 1 unspecified atom stereocenters. The van der Waals surface area contributed by atoms with Crippen molar-refractivity contribution in [1.82, 2.24) is 0 Å². The number of hydrogen-bond acceptors (Lipinski definition) is 3. The van der Waals surface area contributed by atoms with E-state index in [9.17, 15) is 9.59 Å². The van der Waals surface area contributed by atoms with E-state index in [0.29, 0.717) is 36.6 Å². The molecular formula is C30H34O3. The zero-order valence-electron chi connectivity index (χ0n) is 19.6. The van der Waals surface area contributed by atoms with Crippen molar-refractivity contribution in [2.24, 2.45) is 23.2 Å². The number of aryl methyl sites for hydroxylation is 1. The molecule has 5 rings (SSSR count). The summed E-state index contributed by atoms with van der Waals surface area (Å²) in [6.45, 7) is 6.60. The molecule has 3 nitrogen and oxygen atoms in total. The fourth-order valence-corrected chi connectivity index (χ4v) is 6.81. The van der Waals surface area contributed by atoms with Crippen LogP contribution in [0.25, 0.3) is 0 Å². The zero-order chi connectivity index (χ0) is 23.0. The SMILES string of the molecule is C=CC(COc1ccc2c(c1)CC[C@@H]1[C@@H]2CC[C@]2(C)C(=O)CC[C@@H]12)CC(=O)c1ccccc1. The Morgan fingerprint density at radius 1 is 1.15 bits per heavy atom. The Hall–Kier alpha value is -2.68. The minimum atomic E-state index is -0.0708. The van der Waals surface area contributed by atoms with Crippen LogP contribution in [0.15, 0.2) is 61.2 Å². The molecule has 0 saturated heterocycles. The molecule has 2 aromatic carbocycles. The van der Waals surface area contributed by atoms with Gasteiger partial charge in [0.2, 0.25) is 0 Å². The van der Waals surface area contributed by atoms with Crippen molar-refractivity contribution in [1.29, 1.82) is 0 Å². The van der Waals surface area contributed by atoms with Gasteiger partial charge in [-0.15, -0.1) is 6.58 Å². The van der Waals surface area contributed by atoms with Crippen LogP contribution in [0.3, 0.4) is 0 Å². The average molecular weight is 443 g/mol. The van der Waals surface area contributed by atoms with Crippen LogP contribution in [-0.4, -0.2) is 18.2 Å². The summed E-state index contributed by atoms with van der Waals surface area (Å²) >= 11 is 0. The second-order valence-electron chi connectivity index (χ2n) is 10.5. The number of carbonyl (C=O) groups excluding carboxylic acids is 2. The summed E-state index contributed by atoms with van der Waals surface area (Å²) in [6, 6.07) is 16.0. The molecule has 2 saturated carbocycles. The lowest BCUT2D eigenvalue weighted by molar-refractivity contribution is -0.129. The molecule has 0 spiro atoms. The largest absolute Gasteiger partial charge is 0.493 e. The molecular weight excluding hydrogens is 408 g/mol. The third kappa shape index (κ3) is 4.07. The molecule has 0 radical (unpaired) electrons. The van der Waals surface area contributed by atoms with Gasteiger partial charge >= 0.3 is 0 Å². The highest BCUT2D eigenvalue weighted by Crippen LogP contribution is 2.59. The molecule has 0 N–H and O–H groups in total. The van der Waals surface area contributed by atoms with E-state index in [2.05, 4.69) is 31.7 Å². The van der Waals surface area contributed by atoms with Crippen molar-refractivity contribution in [3.05, 3.63) is 77.9 Å². The van der Waals surface area contributed by atoms with Crippen LogP contribution < -0.4 is 4.74 Å². The van der Waals surface area contributed by atoms with Gasteiger partial charge in [0, 0.05) is 29.7 Å². The Balaban J connectivity index is 1.24. The standard InChI is InChI=1S/C30H34O3/c1-3-20(17-28(31)21-7-5-4-6-8-21)19-33-23-10-12-24-22(18-23)9-11-26-25(24)15-16-30(2)27(26)13-14-29(30)32/h3-8,10,12,18,20,25-27H,1,9,11,13-17,19H2,2H3/t20?,25-,26-,27+,30+/m1/s1. The van der Waals surface area contributed by atoms with E-state index in [-0.39, 0.29) is 17.1 Å². The first kappa shape index (κ1) is 22.1. The smallest absolute Gasteiger partial charge is 0.163 e. The first-order valence-corrected chi connectivity index (χ1v) is 12.5. The van der Waals surface area contributed by atoms with E-state index < -0.39 is 0 Å². The number of benzene rings is 2. The molecule has 0 amide bonds. The van der Waals surface area contributed by atoms with E-state index in [4.69, 9.17) is 4.74 Å². The molecule has 3 aliphatic carbocycles. The van der Waals surface area contributed by atoms with Crippen LogP contribution in [-0.2, 0) is 11.2 Å². The molecule has 2 fully saturated rings. The van der Waals surface area contributed by atoms with Crippen LogP contribution in [0, 0.1) is 23.2 Å². The Kier molecular flexibility index (Phi) is 5.99. The molecule has 172 valence electrons. The highest BCUT2D eigenvalue weighted by molar-refractivity contribution is 5.96. The first-order valence-electron chi connectivity index (χ1n) is 12.5. The summed E-state index contributed by atoms with van der Waals surface area (Å²) in [6.07, 6.45) is 8.48. The van der Waals surface area contributed by atoms with Gasteiger partial charge in [0.05, 0.1) is 6.61 Å². The predicted molar refractivity (Wildman–Crippen MR) is 131 cm³/mol.